The predicted molar refractivity (Wildman–Crippen MR) is 66.3 cm³/mol. The molecule has 16 heavy (non-hydrogen) atoms. The first kappa shape index (κ1) is 9.16. The van der Waals surface area contributed by atoms with Gasteiger partial charge in [-0.2, -0.15) is 0 Å². The van der Waals surface area contributed by atoms with E-state index in [0.717, 1.165) is 16.6 Å². The van der Waals surface area contributed by atoms with Crippen molar-refractivity contribution < 1.29 is 0 Å². The molecular weight excluding hydrogens is 196 g/mol. The van der Waals surface area contributed by atoms with Crippen molar-refractivity contribution in [2.24, 2.45) is 0 Å². The number of aromatic amines is 1. The molecule has 2 heteroatoms. The first-order valence-electron chi connectivity index (χ1n) is 5.33. The van der Waals surface area contributed by atoms with E-state index in [4.69, 9.17) is 0 Å². The van der Waals surface area contributed by atoms with E-state index in [0.29, 0.717) is 0 Å². The van der Waals surface area contributed by atoms with Gasteiger partial charge in [-0.05, 0) is 24.6 Å². The van der Waals surface area contributed by atoms with Gasteiger partial charge in [-0.1, -0.05) is 29.8 Å². The van der Waals surface area contributed by atoms with Crippen molar-refractivity contribution in [1.82, 2.24) is 9.97 Å². The second-order valence-electron chi connectivity index (χ2n) is 4.01. The van der Waals surface area contributed by atoms with E-state index in [2.05, 4.69) is 47.2 Å². The van der Waals surface area contributed by atoms with Gasteiger partial charge in [0.25, 0.3) is 0 Å². The van der Waals surface area contributed by atoms with Crippen molar-refractivity contribution in [3.63, 3.8) is 0 Å². The summed E-state index contributed by atoms with van der Waals surface area (Å²) in [6.07, 6.45) is 3.68. The highest BCUT2D eigenvalue weighted by atomic mass is 14.7. The van der Waals surface area contributed by atoms with Crippen LogP contribution in [0.15, 0.2) is 48.8 Å². The minimum absolute atomic E-state index is 1.13. The maximum Gasteiger partial charge on any atom is 0.0489 e. The maximum absolute atomic E-state index is 4.11. The molecular formula is C14H12N2. The highest BCUT2D eigenvalue weighted by Gasteiger charge is 2.02. The Morgan fingerprint density at radius 2 is 1.88 bits per heavy atom. The third-order valence-electron chi connectivity index (χ3n) is 2.78. The van der Waals surface area contributed by atoms with Crippen LogP contribution in [0.25, 0.3) is 22.2 Å². The number of hydrogen-bond acceptors (Lipinski definition) is 1. The van der Waals surface area contributed by atoms with E-state index < -0.39 is 0 Å². The molecule has 0 saturated heterocycles. The summed E-state index contributed by atoms with van der Waals surface area (Å²) in [6.45, 7) is 2.10. The van der Waals surface area contributed by atoms with Gasteiger partial charge in [0.15, 0.2) is 0 Å². The Labute approximate surface area is 94.0 Å². The zero-order valence-corrected chi connectivity index (χ0v) is 9.07. The number of fused-ring (bicyclic) bond motifs is 1. The van der Waals surface area contributed by atoms with Gasteiger partial charge in [-0.3, -0.25) is 4.98 Å². The summed E-state index contributed by atoms with van der Waals surface area (Å²) >= 11 is 0. The summed E-state index contributed by atoms with van der Waals surface area (Å²) in [6, 6.07) is 12.6. The highest BCUT2D eigenvalue weighted by molar-refractivity contribution is 5.84. The fourth-order valence-corrected chi connectivity index (χ4v) is 1.86. The maximum atomic E-state index is 4.11. The normalized spacial score (nSPS) is 10.8. The van der Waals surface area contributed by atoms with Crippen LogP contribution < -0.4 is 0 Å². The van der Waals surface area contributed by atoms with Crippen LogP contribution >= 0.6 is 0 Å². The van der Waals surface area contributed by atoms with Crippen molar-refractivity contribution in [1.29, 1.82) is 0 Å². The molecule has 3 rings (SSSR count). The van der Waals surface area contributed by atoms with Crippen LogP contribution in [0.5, 0.6) is 0 Å². The molecule has 0 aliphatic rings. The summed E-state index contributed by atoms with van der Waals surface area (Å²) in [5.74, 6) is 0. The lowest BCUT2D eigenvalue weighted by Crippen LogP contribution is -1.77. The Morgan fingerprint density at radius 1 is 1.06 bits per heavy atom. The monoisotopic (exact) mass is 208 g/mol. The number of benzene rings is 1. The molecule has 0 atom stereocenters. The number of hydrogen-bond donors (Lipinski definition) is 1. The highest BCUT2D eigenvalue weighted by Crippen LogP contribution is 2.23. The van der Waals surface area contributed by atoms with Gasteiger partial charge in [0, 0.05) is 29.0 Å². The minimum atomic E-state index is 1.13. The summed E-state index contributed by atoms with van der Waals surface area (Å²) < 4.78 is 0. The third kappa shape index (κ3) is 1.48. The number of aromatic nitrogens is 2. The number of H-pyrrole nitrogens is 1. The lowest BCUT2D eigenvalue weighted by molar-refractivity contribution is 1.35. The van der Waals surface area contributed by atoms with Gasteiger partial charge in [0.2, 0.25) is 0 Å². The minimum Gasteiger partial charge on any atom is -0.354 e. The Hall–Kier alpha value is -2.09. The molecule has 78 valence electrons. The number of nitrogens with one attached hydrogen (secondary N) is 1. The van der Waals surface area contributed by atoms with Crippen LogP contribution in [0.2, 0.25) is 0 Å². The first-order valence-corrected chi connectivity index (χ1v) is 5.33. The van der Waals surface area contributed by atoms with Gasteiger partial charge < -0.3 is 4.98 Å². The van der Waals surface area contributed by atoms with Crippen LogP contribution in [0, 0.1) is 6.92 Å². The van der Waals surface area contributed by atoms with Gasteiger partial charge in [-0.15, -0.1) is 0 Å². The summed E-state index contributed by atoms with van der Waals surface area (Å²) in [4.78, 5) is 7.51. The van der Waals surface area contributed by atoms with E-state index in [-0.39, 0.29) is 0 Å². The van der Waals surface area contributed by atoms with Gasteiger partial charge >= 0.3 is 0 Å². The number of nitrogens with zero attached hydrogens (tertiary/aromatic N) is 1. The molecule has 0 bridgehead atoms. The van der Waals surface area contributed by atoms with Crippen molar-refractivity contribution in [2.75, 3.05) is 0 Å². The lowest BCUT2D eigenvalue weighted by atomic mass is 10.1. The Balaban J connectivity index is 2.15. The average molecular weight is 208 g/mol. The number of pyridine rings is 1. The van der Waals surface area contributed by atoms with Gasteiger partial charge in [0.05, 0.1) is 0 Å². The third-order valence-corrected chi connectivity index (χ3v) is 2.78. The van der Waals surface area contributed by atoms with Crippen molar-refractivity contribution in [3.05, 3.63) is 54.4 Å². The Morgan fingerprint density at radius 3 is 2.62 bits per heavy atom. The number of rotatable bonds is 1. The molecule has 0 spiro atoms. The number of aryl methyl sites for hydroxylation is 1. The van der Waals surface area contributed by atoms with Crippen LogP contribution in [0.1, 0.15) is 5.56 Å². The quantitative estimate of drug-likeness (QED) is 0.651. The van der Waals surface area contributed by atoms with Crippen molar-refractivity contribution >= 4 is 10.9 Å². The first-order chi connectivity index (χ1) is 7.83. The molecule has 0 amide bonds. The zero-order valence-electron chi connectivity index (χ0n) is 9.07. The molecule has 0 radical (unpaired) electrons. The average Bonchev–Trinajstić information content (AvgIpc) is 2.73. The largest absolute Gasteiger partial charge is 0.354 e. The molecule has 0 saturated carbocycles. The van der Waals surface area contributed by atoms with Crippen LogP contribution in [0.4, 0.5) is 0 Å². The van der Waals surface area contributed by atoms with E-state index in [1.165, 1.54) is 11.1 Å². The predicted octanol–water partition coefficient (Wildman–Crippen LogP) is 3.54. The molecule has 1 N–H and O–H groups in total. The smallest absolute Gasteiger partial charge is 0.0489 e. The second-order valence-corrected chi connectivity index (χ2v) is 4.01. The summed E-state index contributed by atoms with van der Waals surface area (Å²) in [5, 5.41) is 1.15. The molecule has 2 heterocycles. The fourth-order valence-electron chi connectivity index (χ4n) is 1.86. The van der Waals surface area contributed by atoms with Crippen LogP contribution in [-0.2, 0) is 0 Å². The molecule has 0 unspecified atom stereocenters. The van der Waals surface area contributed by atoms with E-state index in [1.807, 2.05) is 12.3 Å². The van der Waals surface area contributed by atoms with E-state index in [9.17, 15) is 0 Å². The molecule has 0 aliphatic heterocycles. The lowest BCUT2D eigenvalue weighted by Gasteiger charge is -1.97. The topological polar surface area (TPSA) is 28.7 Å². The molecule has 2 aromatic heterocycles. The van der Waals surface area contributed by atoms with Crippen LogP contribution in [0.3, 0.4) is 0 Å². The second kappa shape index (κ2) is 3.49. The molecule has 2 nitrogen and oxygen atoms in total. The van der Waals surface area contributed by atoms with Crippen molar-refractivity contribution in [3.8, 4) is 11.3 Å². The summed E-state index contributed by atoms with van der Waals surface area (Å²) in [7, 11) is 0. The molecule has 0 aliphatic carbocycles. The van der Waals surface area contributed by atoms with Gasteiger partial charge in [0.1, 0.15) is 0 Å². The standard InChI is InChI=1S/C14H12N2/c1-10-2-4-11(5-3-10)14-8-12-9-15-7-6-13(12)16-14/h2-9,16H,1H3. The molecule has 1 aromatic carbocycles. The molecule has 0 fully saturated rings. The Kier molecular flexibility index (Phi) is 2.00. The summed E-state index contributed by atoms with van der Waals surface area (Å²) in [5.41, 5.74) is 4.76. The molecule has 3 aromatic rings. The SMILES string of the molecule is Cc1ccc(-c2cc3cnccc3[nH]2)cc1. The van der Waals surface area contributed by atoms with E-state index >= 15 is 0 Å². The van der Waals surface area contributed by atoms with Crippen molar-refractivity contribution in [2.45, 2.75) is 6.92 Å². The van der Waals surface area contributed by atoms with E-state index in [1.54, 1.807) is 6.20 Å². The zero-order chi connectivity index (χ0) is 11.0. The van der Waals surface area contributed by atoms with Gasteiger partial charge in [-0.25, -0.2) is 0 Å². The Bertz CT molecular complexity index is 588. The fraction of sp³-hybridized carbons (Fsp3) is 0.0714. The van der Waals surface area contributed by atoms with Crippen LogP contribution in [-0.4, -0.2) is 9.97 Å².